The average molecular weight is 337 g/mol. The van der Waals surface area contributed by atoms with Crippen molar-refractivity contribution in [2.24, 2.45) is 11.3 Å². The molecule has 1 aliphatic carbocycles. The minimum absolute atomic E-state index is 0.245. The van der Waals surface area contributed by atoms with Crippen LogP contribution in [0.25, 0.3) is 0 Å². The van der Waals surface area contributed by atoms with E-state index in [2.05, 4.69) is 0 Å². The van der Waals surface area contributed by atoms with Gasteiger partial charge in [-0.15, -0.1) is 0 Å². The highest BCUT2D eigenvalue weighted by Gasteiger charge is 2.86. The van der Waals surface area contributed by atoms with Gasteiger partial charge < -0.3 is 30.6 Å². The van der Waals surface area contributed by atoms with Crippen LogP contribution >= 0.6 is 0 Å². The summed E-state index contributed by atoms with van der Waals surface area (Å²) in [4.78, 5) is 0.245. The quantitative estimate of drug-likeness (QED) is 0.371. The Labute approximate surface area is 131 Å². The van der Waals surface area contributed by atoms with Gasteiger partial charge >= 0.3 is 0 Å². The first-order chi connectivity index (χ1) is 10.3. The molecule has 1 saturated carbocycles. The zero-order valence-corrected chi connectivity index (χ0v) is 12.8. The lowest BCUT2D eigenvalue weighted by Gasteiger charge is -2.50. The standard InChI is InChI=1S/C14H21F2NO6/c1-7(2)13(20,21)11-5-8(9(15)16)14(22,23)17(11)12(18,19)6-10(11)3-4-10/h7,18-23H,3-6H2,1-2H3. The first-order valence-corrected chi connectivity index (χ1v) is 7.46. The van der Waals surface area contributed by atoms with Crippen LogP contribution in [0.4, 0.5) is 8.78 Å². The highest BCUT2D eigenvalue weighted by molar-refractivity contribution is 5.38. The van der Waals surface area contributed by atoms with Crippen molar-refractivity contribution < 1.29 is 39.4 Å². The summed E-state index contributed by atoms with van der Waals surface area (Å²) in [7, 11) is 0. The van der Waals surface area contributed by atoms with Crippen molar-refractivity contribution in [3.8, 4) is 0 Å². The molecule has 0 bridgehead atoms. The number of fused-ring (bicyclic) bond motifs is 2. The third-order valence-corrected chi connectivity index (χ3v) is 5.84. The number of aliphatic hydroxyl groups is 6. The van der Waals surface area contributed by atoms with Crippen LogP contribution in [0.1, 0.15) is 39.5 Å². The highest BCUT2D eigenvalue weighted by Crippen LogP contribution is 2.75. The van der Waals surface area contributed by atoms with Gasteiger partial charge in [-0.25, -0.2) is 0 Å². The zero-order chi connectivity index (χ0) is 17.6. The Hall–Kier alpha value is -0.680. The number of rotatable bonds is 2. The molecule has 2 heterocycles. The summed E-state index contributed by atoms with van der Waals surface area (Å²) in [5, 5.41) is 62.3. The molecule has 3 fully saturated rings. The highest BCUT2D eigenvalue weighted by atomic mass is 19.3. The van der Waals surface area contributed by atoms with E-state index in [4.69, 9.17) is 0 Å². The second-order valence-corrected chi connectivity index (χ2v) is 7.36. The molecule has 0 aromatic rings. The maximum atomic E-state index is 13.2. The average Bonchev–Trinajstić information content (AvgIpc) is 2.99. The maximum absolute atomic E-state index is 13.2. The first-order valence-electron chi connectivity index (χ1n) is 7.46. The SMILES string of the molecule is CC(C)C(O)(O)C12CC(=C(F)F)C(O)(O)N1C(O)(O)CC21CC1. The van der Waals surface area contributed by atoms with Crippen molar-refractivity contribution in [3.05, 3.63) is 11.7 Å². The van der Waals surface area contributed by atoms with E-state index in [1.165, 1.54) is 13.8 Å². The summed E-state index contributed by atoms with van der Waals surface area (Å²) in [5.74, 6) is -9.78. The normalized spacial score (nSPS) is 34.3. The largest absolute Gasteiger partial charge is 0.364 e. The molecule has 0 amide bonds. The lowest BCUT2D eigenvalue weighted by atomic mass is 9.69. The van der Waals surface area contributed by atoms with Gasteiger partial charge in [-0.3, -0.25) is 0 Å². The third kappa shape index (κ3) is 1.76. The van der Waals surface area contributed by atoms with E-state index in [0.717, 1.165) is 0 Å². The van der Waals surface area contributed by atoms with Crippen LogP contribution in [0, 0.1) is 11.3 Å². The summed E-state index contributed by atoms with van der Waals surface area (Å²) < 4.78 is 26.5. The fraction of sp³-hybridized carbons (Fsp3) is 0.857. The minimum atomic E-state index is -3.39. The molecule has 1 spiro atoms. The topological polar surface area (TPSA) is 125 Å². The molecular formula is C14H21F2NO6. The van der Waals surface area contributed by atoms with Crippen molar-refractivity contribution in [2.45, 2.75) is 62.7 Å². The Balaban J connectivity index is 2.31. The zero-order valence-electron chi connectivity index (χ0n) is 12.8. The molecule has 3 aliphatic rings. The molecule has 2 aliphatic heterocycles. The number of nitrogens with zero attached hydrogens (tertiary/aromatic N) is 1. The molecule has 6 N–H and O–H groups in total. The van der Waals surface area contributed by atoms with Crippen molar-refractivity contribution >= 4 is 0 Å². The fourth-order valence-electron chi connectivity index (χ4n) is 4.61. The molecule has 7 nitrogen and oxygen atoms in total. The van der Waals surface area contributed by atoms with Crippen LogP contribution in [-0.4, -0.2) is 58.7 Å². The van der Waals surface area contributed by atoms with E-state index >= 15 is 0 Å². The van der Waals surface area contributed by atoms with E-state index < -0.39 is 52.6 Å². The van der Waals surface area contributed by atoms with Crippen LogP contribution in [0.3, 0.4) is 0 Å². The predicted molar refractivity (Wildman–Crippen MR) is 71.1 cm³/mol. The molecular weight excluding hydrogens is 316 g/mol. The Morgan fingerprint density at radius 2 is 1.65 bits per heavy atom. The molecule has 0 aromatic carbocycles. The Bertz CT molecular complexity index is 580. The van der Waals surface area contributed by atoms with Crippen molar-refractivity contribution in [3.63, 3.8) is 0 Å². The Kier molecular flexibility index (Phi) is 3.20. The molecule has 23 heavy (non-hydrogen) atoms. The van der Waals surface area contributed by atoms with Crippen LogP contribution in [-0.2, 0) is 0 Å². The number of hydrogen-bond donors (Lipinski definition) is 6. The number of hydrogen-bond acceptors (Lipinski definition) is 7. The molecule has 1 unspecified atom stereocenters. The van der Waals surface area contributed by atoms with Gasteiger partial charge in [0.1, 0.15) is 0 Å². The second kappa shape index (κ2) is 4.29. The summed E-state index contributed by atoms with van der Waals surface area (Å²) in [5.41, 5.74) is -4.29. The van der Waals surface area contributed by atoms with Gasteiger partial charge in [-0.05, 0) is 12.8 Å². The van der Waals surface area contributed by atoms with Crippen LogP contribution in [0.2, 0.25) is 0 Å². The predicted octanol–water partition coefficient (Wildman–Crippen LogP) is -0.621. The molecule has 132 valence electrons. The van der Waals surface area contributed by atoms with E-state index in [9.17, 15) is 39.4 Å². The van der Waals surface area contributed by atoms with Crippen LogP contribution in [0.15, 0.2) is 11.7 Å². The summed E-state index contributed by atoms with van der Waals surface area (Å²) in [6.07, 6.45) is -2.90. The van der Waals surface area contributed by atoms with Crippen molar-refractivity contribution in [1.29, 1.82) is 0 Å². The third-order valence-electron chi connectivity index (χ3n) is 5.84. The smallest absolute Gasteiger partial charge is 0.276 e. The van der Waals surface area contributed by atoms with Crippen LogP contribution in [0.5, 0.6) is 0 Å². The lowest BCUT2D eigenvalue weighted by Crippen LogP contribution is -2.71. The second-order valence-electron chi connectivity index (χ2n) is 7.36. The maximum Gasteiger partial charge on any atom is 0.276 e. The summed E-state index contributed by atoms with van der Waals surface area (Å²) in [6, 6.07) is 0. The lowest BCUT2D eigenvalue weighted by molar-refractivity contribution is -0.393. The van der Waals surface area contributed by atoms with E-state index in [0.29, 0.717) is 12.8 Å². The van der Waals surface area contributed by atoms with Gasteiger partial charge in [0.2, 0.25) is 5.91 Å². The monoisotopic (exact) mass is 337 g/mol. The van der Waals surface area contributed by atoms with Gasteiger partial charge in [0, 0.05) is 24.2 Å². The minimum Gasteiger partial charge on any atom is -0.364 e. The Morgan fingerprint density at radius 3 is 2.04 bits per heavy atom. The molecule has 0 aromatic heterocycles. The van der Waals surface area contributed by atoms with Crippen molar-refractivity contribution in [2.75, 3.05) is 0 Å². The van der Waals surface area contributed by atoms with Gasteiger partial charge in [-0.1, -0.05) is 13.8 Å². The van der Waals surface area contributed by atoms with Gasteiger partial charge in [0.15, 0.2) is 5.79 Å². The molecule has 2 saturated heterocycles. The first kappa shape index (κ1) is 17.2. The van der Waals surface area contributed by atoms with Gasteiger partial charge in [0.05, 0.1) is 11.1 Å². The van der Waals surface area contributed by atoms with E-state index in [1.54, 1.807) is 0 Å². The van der Waals surface area contributed by atoms with Gasteiger partial charge in [0.25, 0.3) is 12.0 Å². The van der Waals surface area contributed by atoms with Gasteiger partial charge in [-0.2, -0.15) is 13.7 Å². The molecule has 0 radical (unpaired) electrons. The van der Waals surface area contributed by atoms with Crippen LogP contribution < -0.4 is 0 Å². The summed E-state index contributed by atoms with van der Waals surface area (Å²) in [6.45, 7) is 2.86. The molecule has 9 heteroatoms. The van der Waals surface area contributed by atoms with E-state index in [-0.39, 0.29) is 11.3 Å². The van der Waals surface area contributed by atoms with Crippen molar-refractivity contribution in [1.82, 2.24) is 4.90 Å². The fourth-order valence-corrected chi connectivity index (χ4v) is 4.61. The molecule has 1 atom stereocenters. The molecule has 3 rings (SSSR count). The van der Waals surface area contributed by atoms with E-state index in [1.807, 2.05) is 0 Å². The number of halogens is 2. The summed E-state index contributed by atoms with van der Waals surface area (Å²) >= 11 is 0. The Morgan fingerprint density at radius 1 is 1.13 bits per heavy atom.